The molecule has 1 heterocycles. The summed E-state index contributed by atoms with van der Waals surface area (Å²) in [6.45, 7) is 8.76. The molecule has 0 amide bonds. The average Bonchev–Trinajstić information content (AvgIpc) is 2.77. The highest BCUT2D eigenvalue weighted by atomic mass is 16.3. The van der Waals surface area contributed by atoms with Gasteiger partial charge >= 0.3 is 0 Å². The Hall–Kier alpha value is -0.600. The molecule has 0 aromatic heterocycles. The fraction of sp³-hybridized carbons (Fsp3) is 0.733. The molecule has 0 aromatic carbocycles. The summed E-state index contributed by atoms with van der Waals surface area (Å²) in [6, 6.07) is 0.412. The zero-order chi connectivity index (χ0) is 12.3. The average molecular weight is 235 g/mol. The Morgan fingerprint density at radius 2 is 2.35 bits per heavy atom. The number of hydrogen-bond acceptors (Lipinski definition) is 2. The molecular weight excluding hydrogens is 210 g/mol. The van der Waals surface area contributed by atoms with E-state index >= 15 is 0 Å². The normalized spacial score (nSPS) is 30.4. The first-order chi connectivity index (χ1) is 8.20. The number of nitrogens with zero attached hydrogens (tertiary/aromatic N) is 1. The lowest BCUT2D eigenvalue weighted by Crippen LogP contribution is -2.34. The lowest BCUT2D eigenvalue weighted by Gasteiger charge is -2.28. The Morgan fingerprint density at radius 3 is 2.94 bits per heavy atom. The molecule has 2 nitrogen and oxygen atoms in total. The molecule has 0 unspecified atom stereocenters. The van der Waals surface area contributed by atoms with Crippen LogP contribution in [0.2, 0.25) is 0 Å². The van der Waals surface area contributed by atoms with Crippen molar-refractivity contribution in [2.45, 2.75) is 45.1 Å². The number of rotatable bonds is 4. The smallest absolute Gasteiger partial charge is 0.0587 e. The van der Waals surface area contributed by atoms with E-state index in [-0.39, 0.29) is 0 Å². The summed E-state index contributed by atoms with van der Waals surface area (Å²) in [6.07, 6.45) is 8.47. The first-order valence-electron chi connectivity index (χ1n) is 6.89. The first-order valence-corrected chi connectivity index (χ1v) is 6.89. The van der Waals surface area contributed by atoms with Crippen molar-refractivity contribution in [1.29, 1.82) is 0 Å². The zero-order valence-corrected chi connectivity index (χ0v) is 11.0. The van der Waals surface area contributed by atoms with E-state index in [1.54, 1.807) is 5.57 Å². The topological polar surface area (TPSA) is 23.5 Å². The van der Waals surface area contributed by atoms with Gasteiger partial charge in [-0.05, 0) is 51.5 Å². The molecule has 1 aliphatic heterocycles. The molecule has 1 fully saturated rings. The van der Waals surface area contributed by atoms with Crippen LogP contribution < -0.4 is 0 Å². The summed E-state index contributed by atoms with van der Waals surface area (Å²) in [5.74, 6) is 0.700. The Morgan fingerprint density at radius 1 is 1.53 bits per heavy atom. The molecule has 2 rings (SSSR count). The van der Waals surface area contributed by atoms with Gasteiger partial charge in [-0.2, -0.15) is 0 Å². The lowest BCUT2D eigenvalue weighted by atomic mass is 9.85. The van der Waals surface area contributed by atoms with E-state index in [2.05, 4.69) is 24.5 Å². The van der Waals surface area contributed by atoms with Crippen LogP contribution in [-0.4, -0.2) is 35.7 Å². The van der Waals surface area contributed by atoms with Crippen molar-refractivity contribution in [2.24, 2.45) is 5.92 Å². The molecule has 0 radical (unpaired) electrons. The van der Waals surface area contributed by atoms with Crippen LogP contribution in [0.25, 0.3) is 0 Å². The summed E-state index contributed by atoms with van der Waals surface area (Å²) in [4.78, 5) is 2.45. The quantitative estimate of drug-likeness (QED) is 0.757. The standard InChI is InChI=1S/C15H25NO/c1-12(2)14-7-5-13(6-8-14)10-16-9-3-4-15(16)11-17/h5,14-15,17H,1,3-4,6-11H2,2H3/t14-,15+/m0/s1. The zero-order valence-electron chi connectivity index (χ0n) is 11.0. The third-order valence-corrected chi connectivity index (χ3v) is 4.32. The van der Waals surface area contributed by atoms with Crippen LogP contribution >= 0.6 is 0 Å². The second-order valence-corrected chi connectivity index (χ2v) is 5.63. The van der Waals surface area contributed by atoms with Crippen LogP contribution in [0.1, 0.15) is 39.0 Å². The lowest BCUT2D eigenvalue weighted by molar-refractivity contribution is 0.166. The summed E-state index contributed by atoms with van der Waals surface area (Å²) in [5, 5.41) is 9.31. The monoisotopic (exact) mass is 235 g/mol. The number of allylic oxidation sites excluding steroid dienone is 2. The SMILES string of the molecule is C=C(C)[C@H]1CC=C(CN2CCC[C@@H]2CO)CC1. The molecule has 0 aromatic rings. The molecule has 17 heavy (non-hydrogen) atoms. The highest BCUT2D eigenvalue weighted by Crippen LogP contribution is 2.29. The Labute approximate surface area is 105 Å². The second-order valence-electron chi connectivity index (χ2n) is 5.63. The summed E-state index contributed by atoms with van der Waals surface area (Å²) < 4.78 is 0. The molecule has 1 saturated heterocycles. The van der Waals surface area contributed by atoms with Crippen molar-refractivity contribution in [3.63, 3.8) is 0 Å². The molecular formula is C15H25NO. The molecule has 1 N–H and O–H groups in total. The summed E-state index contributed by atoms with van der Waals surface area (Å²) in [7, 11) is 0. The molecule has 0 bridgehead atoms. The molecule has 2 heteroatoms. The van der Waals surface area contributed by atoms with Crippen LogP contribution in [0.5, 0.6) is 0 Å². The fourth-order valence-electron chi connectivity index (χ4n) is 3.05. The van der Waals surface area contributed by atoms with Crippen LogP contribution in [-0.2, 0) is 0 Å². The molecule has 0 spiro atoms. The number of hydrogen-bond donors (Lipinski definition) is 1. The molecule has 96 valence electrons. The van der Waals surface area contributed by atoms with Gasteiger partial charge in [0.25, 0.3) is 0 Å². The van der Waals surface area contributed by atoms with E-state index in [9.17, 15) is 5.11 Å². The Balaban J connectivity index is 1.86. The number of likely N-dealkylation sites (tertiary alicyclic amines) is 1. The highest BCUT2D eigenvalue weighted by Gasteiger charge is 2.25. The van der Waals surface area contributed by atoms with Crippen molar-refractivity contribution < 1.29 is 5.11 Å². The van der Waals surface area contributed by atoms with Crippen molar-refractivity contribution in [2.75, 3.05) is 19.7 Å². The summed E-state index contributed by atoms with van der Waals surface area (Å²) in [5.41, 5.74) is 2.90. The number of aliphatic hydroxyl groups is 1. The van der Waals surface area contributed by atoms with Crippen molar-refractivity contribution in [3.8, 4) is 0 Å². The van der Waals surface area contributed by atoms with Gasteiger partial charge in [0.15, 0.2) is 0 Å². The van der Waals surface area contributed by atoms with Gasteiger partial charge in [0.05, 0.1) is 6.61 Å². The van der Waals surface area contributed by atoms with Crippen molar-refractivity contribution >= 4 is 0 Å². The minimum atomic E-state index is 0.321. The predicted molar refractivity (Wildman–Crippen MR) is 71.9 cm³/mol. The largest absolute Gasteiger partial charge is 0.395 e. The van der Waals surface area contributed by atoms with Gasteiger partial charge in [0.1, 0.15) is 0 Å². The van der Waals surface area contributed by atoms with E-state index in [0.29, 0.717) is 18.6 Å². The van der Waals surface area contributed by atoms with E-state index in [1.807, 2.05) is 0 Å². The molecule has 2 aliphatic rings. The van der Waals surface area contributed by atoms with Gasteiger partial charge in [0.2, 0.25) is 0 Å². The van der Waals surface area contributed by atoms with Gasteiger partial charge in [-0.1, -0.05) is 23.8 Å². The fourth-order valence-corrected chi connectivity index (χ4v) is 3.05. The van der Waals surface area contributed by atoms with Crippen molar-refractivity contribution in [3.05, 3.63) is 23.8 Å². The minimum Gasteiger partial charge on any atom is -0.395 e. The third kappa shape index (κ3) is 3.20. The van der Waals surface area contributed by atoms with Gasteiger partial charge in [-0.25, -0.2) is 0 Å². The minimum absolute atomic E-state index is 0.321. The van der Waals surface area contributed by atoms with Crippen LogP contribution in [0, 0.1) is 5.92 Å². The number of aliphatic hydroxyl groups excluding tert-OH is 1. The van der Waals surface area contributed by atoms with E-state index in [1.165, 1.54) is 31.3 Å². The van der Waals surface area contributed by atoms with Gasteiger partial charge in [-0.3, -0.25) is 4.90 Å². The maximum atomic E-state index is 9.31. The van der Waals surface area contributed by atoms with Gasteiger partial charge in [-0.15, -0.1) is 0 Å². The highest BCUT2D eigenvalue weighted by molar-refractivity contribution is 5.14. The third-order valence-electron chi connectivity index (χ3n) is 4.32. The molecule has 1 aliphatic carbocycles. The summed E-state index contributed by atoms with van der Waals surface area (Å²) >= 11 is 0. The van der Waals surface area contributed by atoms with Gasteiger partial charge < -0.3 is 5.11 Å². The maximum absolute atomic E-state index is 9.31. The van der Waals surface area contributed by atoms with E-state index in [0.717, 1.165) is 19.5 Å². The van der Waals surface area contributed by atoms with E-state index in [4.69, 9.17) is 0 Å². The van der Waals surface area contributed by atoms with Gasteiger partial charge in [0, 0.05) is 12.6 Å². The second kappa shape index (κ2) is 5.83. The molecule has 0 saturated carbocycles. The van der Waals surface area contributed by atoms with E-state index < -0.39 is 0 Å². The first kappa shape index (κ1) is 12.8. The van der Waals surface area contributed by atoms with Crippen LogP contribution in [0.4, 0.5) is 0 Å². The molecule has 2 atom stereocenters. The van der Waals surface area contributed by atoms with Crippen LogP contribution in [0.3, 0.4) is 0 Å². The predicted octanol–water partition coefficient (Wildman–Crippen LogP) is 2.75. The maximum Gasteiger partial charge on any atom is 0.0587 e. The Bertz CT molecular complexity index is 308. The van der Waals surface area contributed by atoms with Crippen LogP contribution in [0.15, 0.2) is 23.8 Å². The Kier molecular flexibility index (Phi) is 4.41. The van der Waals surface area contributed by atoms with Crippen molar-refractivity contribution in [1.82, 2.24) is 4.90 Å².